The Labute approximate surface area is 74.1 Å². The summed E-state index contributed by atoms with van der Waals surface area (Å²) in [7, 11) is 0. The van der Waals surface area contributed by atoms with Gasteiger partial charge in [-0.2, -0.15) is 0 Å². The largest absolute Gasteiger partial charge is 0.392 e. The fourth-order valence-corrected chi connectivity index (χ4v) is 3.19. The Morgan fingerprint density at radius 2 is 1.83 bits per heavy atom. The van der Waals surface area contributed by atoms with Gasteiger partial charge in [0.25, 0.3) is 0 Å². The highest BCUT2D eigenvalue weighted by atomic mass is 16.3. The fourth-order valence-electron chi connectivity index (χ4n) is 3.19. The summed E-state index contributed by atoms with van der Waals surface area (Å²) >= 11 is 0. The summed E-state index contributed by atoms with van der Waals surface area (Å²) in [4.78, 5) is 0. The normalized spacial score (nSPS) is 56.2. The van der Waals surface area contributed by atoms with Gasteiger partial charge in [0, 0.05) is 11.0 Å². The SMILES string of the molecule is CC12CCC(N)(CC1O)C2(C)C. The van der Waals surface area contributed by atoms with Crippen LogP contribution >= 0.6 is 0 Å². The van der Waals surface area contributed by atoms with Crippen LogP contribution < -0.4 is 5.73 Å². The number of hydrogen-bond acceptors (Lipinski definition) is 2. The first-order valence-corrected chi connectivity index (χ1v) is 4.80. The van der Waals surface area contributed by atoms with Crippen molar-refractivity contribution >= 4 is 0 Å². The van der Waals surface area contributed by atoms with Crippen LogP contribution in [0, 0.1) is 10.8 Å². The van der Waals surface area contributed by atoms with E-state index in [9.17, 15) is 5.11 Å². The van der Waals surface area contributed by atoms with Gasteiger partial charge in [-0.1, -0.05) is 20.8 Å². The van der Waals surface area contributed by atoms with Gasteiger partial charge in [0.15, 0.2) is 0 Å². The number of nitrogens with two attached hydrogens (primary N) is 1. The zero-order valence-corrected chi connectivity index (χ0v) is 8.22. The van der Waals surface area contributed by atoms with Crippen LogP contribution in [0.2, 0.25) is 0 Å². The molecule has 2 nitrogen and oxygen atoms in total. The van der Waals surface area contributed by atoms with Crippen molar-refractivity contribution in [2.75, 3.05) is 0 Å². The van der Waals surface area contributed by atoms with Crippen LogP contribution in [0.25, 0.3) is 0 Å². The molecule has 0 spiro atoms. The highest BCUT2D eigenvalue weighted by molar-refractivity contribution is 5.21. The lowest BCUT2D eigenvalue weighted by Crippen LogP contribution is -2.47. The highest BCUT2D eigenvalue weighted by Crippen LogP contribution is 2.66. The van der Waals surface area contributed by atoms with Gasteiger partial charge in [0.1, 0.15) is 0 Å². The van der Waals surface area contributed by atoms with Crippen LogP contribution in [0.5, 0.6) is 0 Å². The van der Waals surface area contributed by atoms with Crippen molar-refractivity contribution in [3.8, 4) is 0 Å². The summed E-state index contributed by atoms with van der Waals surface area (Å²) in [5.74, 6) is 0. The third kappa shape index (κ3) is 0.612. The highest BCUT2D eigenvalue weighted by Gasteiger charge is 2.67. The Bertz CT molecular complexity index is 223. The van der Waals surface area contributed by atoms with Crippen LogP contribution in [0.4, 0.5) is 0 Å². The lowest BCUT2D eigenvalue weighted by Gasteiger charge is -2.39. The molecule has 3 N–H and O–H groups in total. The molecule has 0 amide bonds. The average Bonchev–Trinajstić information content (AvgIpc) is 2.18. The summed E-state index contributed by atoms with van der Waals surface area (Å²) in [5, 5.41) is 9.90. The molecule has 0 aromatic carbocycles. The Kier molecular flexibility index (Phi) is 1.33. The fraction of sp³-hybridized carbons (Fsp3) is 1.00. The molecule has 2 fully saturated rings. The zero-order valence-electron chi connectivity index (χ0n) is 8.22. The molecular formula is C10H19NO. The molecule has 3 unspecified atom stereocenters. The van der Waals surface area contributed by atoms with Crippen molar-refractivity contribution in [1.82, 2.24) is 0 Å². The third-order valence-electron chi connectivity index (χ3n) is 5.06. The summed E-state index contributed by atoms with van der Waals surface area (Å²) in [5.41, 5.74) is 6.34. The van der Waals surface area contributed by atoms with Gasteiger partial charge in [-0.05, 0) is 24.7 Å². The minimum absolute atomic E-state index is 0.0573. The summed E-state index contributed by atoms with van der Waals surface area (Å²) < 4.78 is 0. The van der Waals surface area contributed by atoms with E-state index in [1.165, 1.54) is 0 Å². The molecule has 0 radical (unpaired) electrons. The van der Waals surface area contributed by atoms with Gasteiger partial charge in [-0.15, -0.1) is 0 Å². The number of aliphatic hydroxyl groups is 1. The number of aliphatic hydroxyl groups excluding tert-OH is 1. The maximum atomic E-state index is 9.90. The van der Waals surface area contributed by atoms with Crippen molar-refractivity contribution in [1.29, 1.82) is 0 Å². The Morgan fingerprint density at radius 3 is 2.00 bits per heavy atom. The van der Waals surface area contributed by atoms with Crippen LogP contribution in [-0.4, -0.2) is 16.7 Å². The lowest BCUT2D eigenvalue weighted by atomic mass is 9.68. The molecule has 2 aliphatic rings. The summed E-state index contributed by atoms with van der Waals surface area (Å²) in [6.07, 6.45) is 2.76. The minimum atomic E-state index is -0.189. The predicted octanol–water partition coefficient (Wildman–Crippen LogP) is 1.27. The number of rotatable bonds is 0. The smallest absolute Gasteiger partial charge is 0.0617 e. The Hall–Kier alpha value is -0.0800. The van der Waals surface area contributed by atoms with Crippen LogP contribution in [0.15, 0.2) is 0 Å². The zero-order chi connectivity index (χ0) is 9.20. The average molecular weight is 169 g/mol. The third-order valence-corrected chi connectivity index (χ3v) is 5.06. The van der Waals surface area contributed by atoms with Gasteiger partial charge in [-0.25, -0.2) is 0 Å². The molecule has 2 saturated carbocycles. The molecule has 0 saturated heterocycles. The first kappa shape index (κ1) is 8.52. The van der Waals surface area contributed by atoms with Crippen LogP contribution in [0.1, 0.15) is 40.0 Å². The molecule has 0 aromatic heterocycles. The maximum absolute atomic E-state index is 9.90. The van der Waals surface area contributed by atoms with Crippen molar-refractivity contribution < 1.29 is 5.11 Å². The number of hydrogen-bond donors (Lipinski definition) is 2. The molecule has 0 heterocycles. The lowest BCUT2D eigenvalue weighted by molar-refractivity contribution is 0.0124. The van der Waals surface area contributed by atoms with E-state index in [0.29, 0.717) is 0 Å². The quantitative estimate of drug-likeness (QED) is 0.573. The molecule has 12 heavy (non-hydrogen) atoms. The van der Waals surface area contributed by atoms with E-state index < -0.39 is 0 Å². The molecule has 3 atom stereocenters. The van der Waals surface area contributed by atoms with E-state index in [1.54, 1.807) is 0 Å². The molecule has 2 aliphatic carbocycles. The van der Waals surface area contributed by atoms with E-state index in [1.807, 2.05) is 0 Å². The molecule has 2 heteroatoms. The molecule has 0 aliphatic heterocycles. The van der Waals surface area contributed by atoms with E-state index in [0.717, 1.165) is 19.3 Å². The Balaban J connectivity index is 2.49. The minimum Gasteiger partial charge on any atom is -0.392 e. The molecular weight excluding hydrogens is 150 g/mol. The predicted molar refractivity (Wildman–Crippen MR) is 48.7 cm³/mol. The van der Waals surface area contributed by atoms with Crippen molar-refractivity contribution in [2.24, 2.45) is 16.6 Å². The van der Waals surface area contributed by atoms with E-state index in [2.05, 4.69) is 20.8 Å². The second-order valence-corrected chi connectivity index (χ2v) is 5.42. The summed E-state index contributed by atoms with van der Waals surface area (Å²) in [6.45, 7) is 6.59. The first-order valence-electron chi connectivity index (χ1n) is 4.80. The van der Waals surface area contributed by atoms with E-state index in [4.69, 9.17) is 5.73 Å². The second-order valence-electron chi connectivity index (χ2n) is 5.42. The van der Waals surface area contributed by atoms with Crippen molar-refractivity contribution in [3.63, 3.8) is 0 Å². The van der Waals surface area contributed by atoms with Crippen LogP contribution in [-0.2, 0) is 0 Å². The van der Waals surface area contributed by atoms with Gasteiger partial charge in [0.05, 0.1) is 6.10 Å². The maximum Gasteiger partial charge on any atom is 0.0617 e. The number of fused-ring (bicyclic) bond motifs is 2. The first-order chi connectivity index (χ1) is 5.33. The van der Waals surface area contributed by atoms with E-state index >= 15 is 0 Å². The topological polar surface area (TPSA) is 46.2 Å². The molecule has 2 rings (SSSR count). The molecule has 70 valence electrons. The standard InChI is InChI=1S/C10H19NO/c1-8(2)9(3)4-5-10(8,11)6-7(9)12/h7,12H,4-6,11H2,1-3H3. The van der Waals surface area contributed by atoms with E-state index in [-0.39, 0.29) is 22.5 Å². The van der Waals surface area contributed by atoms with Gasteiger partial charge in [0.2, 0.25) is 0 Å². The van der Waals surface area contributed by atoms with Gasteiger partial charge in [-0.3, -0.25) is 0 Å². The van der Waals surface area contributed by atoms with Crippen molar-refractivity contribution in [3.05, 3.63) is 0 Å². The Morgan fingerprint density at radius 1 is 1.25 bits per heavy atom. The van der Waals surface area contributed by atoms with Crippen LogP contribution in [0.3, 0.4) is 0 Å². The van der Waals surface area contributed by atoms with Gasteiger partial charge >= 0.3 is 0 Å². The molecule has 2 bridgehead atoms. The summed E-state index contributed by atoms with van der Waals surface area (Å²) in [6, 6.07) is 0. The second kappa shape index (κ2) is 1.88. The monoisotopic (exact) mass is 169 g/mol. The van der Waals surface area contributed by atoms with Crippen molar-refractivity contribution in [2.45, 2.75) is 51.7 Å². The van der Waals surface area contributed by atoms with Gasteiger partial charge < -0.3 is 10.8 Å². The molecule has 0 aromatic rings.